The maximum Gasteiger partial charge on any atom is 0.141 e. The van der Waals surface area contributed by atoms with Crippen LogP contribution >= 0.6 is 0 Å². The molecule has 1 fully saturated rings. The molecule has 1 aliphatic rings. The zero-order valence-electron chi connectivity index (χ0n) is 10.4. The molecule has 0 unspecified atom stereocenters. The van der Waals surface area contributed by atoms with Crippen LogP contribution in [0.2, 0.25) is 0 Å². The van der Waals surface area contributed by atoms with Crippen LogP contribution in [0.3, 0.4) is 0 Å². The Morgan fingerprint density at radius 1 is 1.28 bits per heavy atom. The van der Waals surface area contributed by atoms with Crippen molar-refractivity contribution in [2.75, 3.05) is 13.1 Å². The molecule has 3 rings (SSSR count). The second-order valence-electron chi connectivity index (χ2n) is 4.84. The molecule has 2 aromatic rings. The van der Waals surface area contributed by atoms with Gasteiger partial charge in [-0.3, -0.25) is 4.98 Å². The van der Waals surface area contributed by atoms with Crippen LogP contribution in [-0.2, 0) is 6.54 Å². The van der Waals surface area contributed by atoms with E-state index in [1.54, 1.807) is 6.20 Å². The molecule has 4 heteroatoms. The van der Waals surface area contributed by atoms with E-state index in [9.17, 15) is 0 Å². The summed E-state index contributed by atoms with van der Waals surface area (Å²) in [4.78, 5) is 8.62. The highest BCUT2D eigenvalue weighted by Gasteiger charge is 2.15. The van der Waals surface area contributed by atoms with Gasteiger partial charge in [-0.25, -0.2) is 4.98 Å². The summed E-state index contributed by atoms with van der Waals surface area (Å²) in [6, 6.07) is 4.02. The molecule has 4 nitrogen and oxygen atoms in total. The van der Waals surface area contributed by atoms with Crippen LogP contribution in [0.25, 0.3) is 11.4 Å². The van der Waals surface area contributed by atoms with Crippen LogP contribution in [0.5, 0.6) is 0 Å². The van der Waals surface area contributed by atoms with E-state index in [0.29, 0.717) is 0 Å². The van der Waals surface area contributed by atoms with Crippen LogP contribution in [0.1, 0.15) is 12.8 Å². The first-order valence-electron chi connectivity index (χ1n) is 6.56. The lowest BCUT2D eigenvalue weighted by molar-refractivity contribution is 0.334. The van der Waals surface area contributed by atoms with Crippen LogP contribution in [-0.4, -0.2) is 27.6 Å². The van der Waals surface area contributed by atoms with Crippen molar-refractivity contribution in [1.29, 1.82) is 0 Å². The van der Waals surface area contributed by atoms with Gasteiger partial charge >= 0.3 is 0 Å². The largest absolute Gasteiger partial charge is 0.331 e. The number of pyridine rings is 1. The van der Waals surface area contributed by atoms with E-state index in [1.807, 2.05) is 18.5 Å². The number of rotatable bonds is 3. The molecule has 1 saturated heterocycles. The molecule has 94 valence electrons. The van der Waals surface area contributed by atoms with E-state index in [0.717, 1.165) is 36.9 Å². The number of hydrogen-bond donors (Lipinski definition) is 1. The highest BCUT2D eigenvalue weighted by Crippen LogP contribution is 2.20. The van der Waals surface area contributed by atoms with E-state index in [2.05, 4.69) is 32.1 Å². The molecule has 0 amide bonds. The highest BCUT2D eigenvalue weighted by atomic mass is 15.1. The van der Waals surface area contributed by atoms with Crippen molar-refractivity contribution in [2.45, 2.75) is 19.4 Å². The van der Waals surface area contributed by atoms with Gasteiger partial charge in [0.25, 0.3) is 0 Å². The molecule has 0 aromatic carbocycles. The van der Waals surface area contributed by atoms with Crippen molar-refractivity contribution in [3.05, 3.63) is 36.9 Å². The third-order valence-electron chi connectivity index (χ3n) is 3.55. The minimum Gasteiger partial charge on any atom is -0.331 e. The maximum atomic E-state index is 4.46. The number of piperidine rings is 1. The Hall–Kier alpha value is -1.68. The smallest absolute Gasteiger partial charge is 0.141 e. The molecular weight excluding hydrogens is 224 g/mol. The fourth-order valence-corrected chi connectivity index (χ4v) is 2.55. The van der Waals surface area contributed by atoms with E-state index in [4.69, 9.17) is 0 Å². The topological polar surface area (TPSA) is 42.7 Å². The van der Waals surface area contributed by atoms with E-state index in [-0.39, 0.29) is 0 Å². The van der Waals surface area contributed by atoms with Crippen molar-refractivity contribution in [3.8, 4) is 11.4 Å². The summed E-state index contributed by atoms with van der Waals surface area (Å²) in [5.74, 6) is 1.79. The molecule has 0 radical (unpaired) electrons. The monoisotopic (exact) mass is 242 g/mol. The predicted molar refractivity (Wildman–Crippen MR) is 71.1 cm³/mol. The lowest BCUT2D eigenvalue weighted by Crippen LogP contribution is -2.29. The Morgan fingerprint density at radius 3 is 2.94 bits per heavy atom. The fourth-order valence-electron chi connectivity index (χ4n) is 2.55. The molecule has 18 heavy (non-hydrogen) atoms. The SMILES string of the molecule is c1cncc(-c2nccn2CC2CCNCC2)c1. The van der Waals surface area contributed by atoms with Gasteiger partial charge < -0.3 is 9.88 Å². The Labute approximate surface area is 107 Å². The number of imidazole rings is 1. The molecule has 0 atom stereocenters. The Balaban J connectivity index is 1.79. The normalized spacial score (nSPS) is 16.9. The summed E-state index contributed by atoms with van der Waals surface area (Å²) in [6.07, 6.45) is 10.1. The first-order valence-corrected chi connectivity index (χ1v) is 6.56. The molecular formula is C14H18N4. The third-order valence-corrected chi connectivity index (χ3v) is 3.55. The van der Waals surface area contributed by atoms with E-state index >= 15 is 0 Å². The standard InChI is InChI=1S/C14H18N4/c1-2-13(10-16-5-1)14-17-8-9-18(14)11-12-3-6-15-7-4-12/h1-2,5,8-10,12,15H,3-4,6-7,11H2. The third kappa shape index (κ3) is 2.43. The van der Waals surface area contributed by atoms with Crippen molar-refractivity contribution in [1.82, 2.24) is 19.9 Å². The zero-order chi connectivity index (χ0) is 12.2. The minimum atomic E-state index is 0.760. The average molecular weight is 242 g/mol. The Kier molecular flexibility index (Phi) is 3.37. The van der Waals surface area contributed by atoms with Gasteiger partial charge in [0.2, 0.25) is 0 Å². The summed E-state index contributed by atoms with van der Waals surface area (Å²) >= 11 is 0. The van der Waals surface area contributed by atoms with E-state index < -0.39 is 0 Å². The van der Waals surface area contributed by atoms with Crippen molar-refractivity contribution in [3.63, 3.8) is 0 Å². The summed E-state index contributed by atoms with van der Waals surface area (Å²) in [5, 5.41) is 3.41. The molecule has 0 bridgehead atoms. The van der Waals surface area contributed by atoms with Crippen LogP contribution in [0.4, 0.5) is 0 Å². The fraction of sp³-hybridized carbons (Fsp3) is 0.429. The van der Waals surface area contributed by atoms with Gasteiger partial charge in [-0.15, -0.1) is 0 Å². The molecule has 0 spiro atoms. The lowest BCUT2D eigenvalue weighted by Gasteiger charge is -2.23. The summed E-state index contributed by atoms with van der Waals surface area (Å²) in [7, 11) is 0. The first kappa shape index (κ1) is 11.4. The number of nitrogens with one attached hydrogen (secondary N) is 1. The van der Waals surface area contributed by atoms with Gasteiger partial charge in [-0.2, -0.15) is 0 Å². The average Bonchev–Trinajstić information content (AvgIpc) is 2.89. The van der Waals surface area contributed by atoms with Gasteiger partial charge in [0, 0.05) is 36.9 Å². The van der Waals surface area contributed by atoms with Gasteiger partial charge in [-0.1, -0.05) is 0 Å². The molecule has 1 N–H and O–H groups in total. The van der Waals surface area contributed by atoms with Crippen LogP contribution in [0, 0.1) is 5.92 Å². The zero-order valence-corrected chi connectivity index (χ0v) is 10.4. The first-order chi connectivity index (χ1) is 8.93. The second-order valence-corrected chi connectivity index (χ2v) is 4.84. The van der Waals surface area contributed by atoms with Gasteiger partial charge in [0.1, 0.15) is 5.82 Å². The van der Waals surface area contributed by atoms with Gasteiger partial charge in [-0.05, 0) is 44.0 Å². The molecule has 0 aliphatic carbocycles. The molecule has 3 heterocycles. The molecule has 0 saturated carbocycles. The van der Waals surface area contributed by atoms with Crippen molar-refractivity contribution >= 4 is 0 Å². The van der Waals surface area contributed by atoms with Crippen molar-refractivity contribution < 1.29 is 0 Å². The molecule has 1 aliphatic heterocycles. The predicted octanol–water partition coefficient (Wildman–Crippen LogP) is 1.94. The summed E-state index contributed by atoms with van der Waals surface area (Å²) in [6.45, 7) is 3.34. The second kappa shape index (κ2) is 5.31. The highest BCUT2D eigenvalue weighted by molar-refractivity contribution is 5.53. The van der Waals surface area contributed by atoms with Crippen LogP contribution in [0.15, 0.2) is 36.9 Å². The minimum absolute atomic E-state index is 0.760. The number of hydrogen-bond acceptors (Lipinski definition) is 3. The Bertz CT molecular complexity index is 486. The van der Waals surface area contributed by atoms with Gasteiger partial charge in [0.05, 0.1) is 0 Å². The quantitative estimate of drug-likeness (QED) is 0.894. The maximum absolute atomic E-state index is 4.46. The lowest BCUT2D eigenvalue weighted by atomic mass is 9.98. The summed E-state index contributed by atoms with van der Waals surface area (Å²) in [5.41, 5.74) is 1.09. The van der Waals surface area contributed by atoms with Crippen LogP contribution < -0.4 is 5.32 Å². The molecule has 2 aromatic heterocycles. The Morgan fingerprint density at radius 2 is 2.17 bits per heavy atom. The van der Waals surface area contributed by atoms with Crippen molar-refractivity contribution in [2.24, 2.45) is 5.92 Å². The van der Waals surface area contributed by atoms with E-state index in [1.165, 1.54) is 12.8 Å². The summed E-state index contributed by atoms with van der Waals surface area (Å²) < 4.78 is 2.26. The van der Waals surface area contributed by atoms with Gasteiger partial charge in [0.15, 0.2) is 0 Å². The number of aromatic nitrogens is 3. The number of nitrogens with zero attached hydrogens (tertiary/aromatic N) is 3.